The maximum Gasteiger partial charge on any atom is 0.267 e. The molecule has 0 aromatic heterocycles. The summed E-state index contributed by atoms with van der Waals surface area (Å²) in [6.45, 7) is 0. The molecule has 1 atom stereocenters. The summed E-state index contributed by atoms with van der Waals surface area (Å²) in [4.78, 5) is 22.5. The molecule has 0 radical (unpaired) electrons. The van der Waals surface area contributed by atoms with E-state index in [-0.39, 0.29) is 17.9 Å². The van der Waals surface area contributed by atoms with Gasteiger partial charge in [0.05, 0.1) is 0 Å². The number of rotatable bonds is 2. The van der Waals surface area contributed by atoms with Gasteiger partial charge in [-0.25, -0.2) is 5.43 Å². The molecule has 82 valence electrons. The van der Waals surface area contributed by atoms with Crippen LogP contribution in [-0.2, 0) is 9.59 Å². The molecule has 5 nitrogen and oxygen atoms in total. The van der Waals surface area contributed by atoms with Crippen LogP contribution in [0.15, 0.2) is 5.10 Å². The van der Waals surface area contributed by atoms with E-state index in [1.807, 2.05) is 11.8 Å². The van der Waals surface area contributed by atoms with E-state index in [1.54, 1.807) is 0 Å². The molecule has 0 saturated carbocycles. The first-order valence-electron chi connectivity index (χ1n) is 5.00. The van der Waals surface area contributed by atoms with E-state index >= 15 is 0 Å². The minimum atomic E-state index is -0.137. The Morgan fingerprint density at radius 2 is 2.40 bits per heavy atom. The van der Waals surface area contributed by atoms with Gasteiger partial charge in [-0.3, -0.25) is 9.59 Å². The fraction of sp³-hybridized carbons (Fsp3) is 0.667. The van der Waals surface area contributed by atoms with Crippen molar-refractivity contribution in [3.63, 3.8) is 0 Å². The molecule has 1 unspecified atom stereocenters. The Kier molecular flexibility index (Phi) is 3.25. The fourth-order valence-corrected chi connectivity index (χ4v) is 2.71. The number of amides is 2. The summed E-state index contributed by atoms with van der Waals surface area (Å²) in [7, 11) is 0. The fourth-order valence-electron chi connectivity index (χ4n) is 1.55. The third-order valence-electron chi connectivity index (χ3n) is 2.43. The lowest BCUT2D eigenvalue weighted by molar-refractivity contribution is -0.121. The molecule has 2 aliphatic heterocycles. The predicted molar refractivity (Wildman–Crippen MR) is 58.7 cm³/mol. The second-order valence-corrected chi connectivity index (χ2v) is 4.78. The van der Waals surface area contributed by atoms with Gasteiger partial charge in [-0.15, -0.1) is 0 Å². The lowest BCUT2D eigenvalue weighted by atomic mass is 10.1. The van der Waals surface area contributed by atoms with E-state index in [0.717, 1.165) is 17.9 Å². The molecule has 15 heavy (non-hydrogen) atoms. The number of carbonyl (C=O) groups is 2. The van der Waals surface area contributed by atoms with Crippen LogP contribution in [0.25, 0.3) is 0 Å². The SMILES string of the molecule is O=C1CCC(C(=O)NC2CCSC2)=NN1. The molecule has 0 aliphatic carbocycles. The number of hydrazone groups is 1. The summed E-state index contributed by atoms with van der Waals surface area (Å²) >= 11 is 1.85. The largest absolute Gasteiger partial charge is 0.347 e. The van der Waals surface area contributed by atoms with Gasteiger partial charge in [0, 0.05) is 24.6 Å². The molecule has 1 fully saturated rings. The molecular formula is C9H13N3O2S. The van der Waals surface area contributed by atoms with Crippen LogP contribution >= 0.6 is 11.8 Å². The maximum absolute atomic E-state index is 11.7. The second-order valence-electron chi connectivity index (χ2n) is 3.63. The first kappa shape index (κ1) is 10.5. The van der Waals surface area contributed by atoms with Crippen LogP contribution in [0.2, 0.25) is 0 Å². The minimum absolute atomic E-state index is 0.122. The highest BCUT2D eigenvalue weighted by Gasteiger charge is 2.22. The number of nitrogens with zero attached hydrogens (tertiary/aromatic N) is 1. The van der Waals surface area contributed by atoms with Crippen LogP contribution in [0.1, 0.15) is 19.3 Å². The molecular weight excluding hydrogens is 214 g/mol. The highest BCUT2D eigenvalue weighted by Crippen LogP contribution is 2.17. The number of hydrogen-bond donors (Lipinski definition) is 2. The number of carbonyl (C=O) groups excluding carboxylic acids is 2. The Hall–Kier alpha value is -1.04. The number of nitrogens with one attached hydrogen (secondary N) is 2. The minimum Gasteiger partial charge on any atom is -0.347 e. The first-order valence-corrected chi connectivity index (χ1v) is 6.15. The monoisotopic (exact) mass is 227 g/mol. The van der Waals surface area contributed by atoms with E-state index in [2.05, 4.69) is 15.8 Å². The van der Waals surface area contributed by atoms with Gasteiger partial charge in [0.25, 0.3) is 5.91 Å². The van der Waals surface area contributed by atoms with Gasteiger partial charge in [-0.1, -0.05) is 0 Å². The Morgan fingerprint density at radius 3 is 3.00 bits per heavy atom. The van der Waals surface area contributed by atoms with Crippen molar-refractivity contribution in [3.8, 4) is 0 Å². The summed E-state index contributed by atoms with van der Waals surface area (Å²) in [6.07, 6.45) is 1.82. The summed E-state index contributed by atoms with van der Waals surface area (Å²) in [5.41, 5.74) is 2.76. The van der Waals surface area contributed by atoms with E-state index in [0.29, 0.717) is 18.6 Å². The topological polar surface area (TPSA) is 70.6 Å². The molecule has 0 aromatic rings. The zero-order valence-electron chi connectivity index (χ0n) is 8.28. The first-order chi connectivity index (χ1) is 7.25. The van der Waals surface area contributed by atoms with Crippen LogP contribution in [0, 0.1) is 0 Å². The standard InChI is InChI=1S/C9H13N3O2S/c13-8-2-1-7(11-12-8)9(14)10-6-3-4-15-5-6/h6H,1-5H2,(H,10,14)(H,12,13). The molecule has 0 aromatic carbocycles. The quantitative estimate of drug-likeness (QED) is 0.690. The van der Waals surface area contributed by atoms with Gasteiger partial charge in [-0.05, 0) is 12.2 Å². The van der Waals surface area contributed by atoms with E-state index in [4.69, 9.17) is 0 Å². The average Bonchev–Trinajstić information content (AvgIpc) is 2.71. The highest BCUT2D eigenvalue weighted by atomic mass is 32.2. The van der Waals surface area contributed by atoms with Gasteiger partial charge in [-0.2, -0.15) is 16.9 Å². The molecule has 2 rings (SSSR count). The van der Waals surface area contributed by atoms with Crippen molar-refractivity contribution in [3.05, 3.63) is 0 Å². The van der Waals surface area contributed by atoms with Crippen LogP contribution in [0.5, 0.6) is 0 Å². The highest BCUT2D eigenvalue weighted by molar-refractivity contribution is 7.99. The zero-order chi connectivity index (χ0) is 10.7. The molecule has 0 spiro atoms. The van der Waals surface area contributed by atoms with Crippen molar-refractivity contribution in [1.82, 2.24) is 10.7 Å². The Balaban J connectivity index is 1.87. The predicted octanol–water partition coefficient (Wildman–Crippen LogP) is -0.126. The smallest absolute Gasteiger partial charge is 0.267 e. The van der Waals surface area contributed by atoms with Crippen molar-refractivity contribution in [2.75, 3.05) is 11.5 Å². The molecule has 2 N–H and O–H groups in total. The third kappa shape index (κ3) is 2.71. The molecule has 6 heteroatoms. The van der Waals surface area contributed by atoms with Crippen molar-refractivity contribution >= 4 is 29.3 Å². The Morgan fingerprint density at radius 1 is 1.53 bits per heavy atom. The molecule has 2 aliphatic rings. The van der Waals surface area contributed by atoms with Gasteiger partial charge in [0.15, 0.2) is 0 Å². The maximum atomic E-state index is 11.7. The van der Waals surface area contributed by atoms with Crippen LogP contribution in [-0.4, -0.2) is 35.1 Å². The molecule has 2 heterocycles. The summed E-state index contributed by atoms with van der Waals surface area (Å²) in [6, 6.07) is 0.267. The summed E-state index contributed by atoms with van der Waals surface area (Å²) in [5, 5.41) is 6.67. The van der Waals surface area contributed by atoms with E-state index < -0.39 is 0 Å². The van der Waals surface area contributed by atoms with E-state index in [1.165, 1.54) is 0 Å². The summed E-state index contributed by atoms with van der Waals surface area (Å²) < 4.78 is 0. The molecule has 1 saturated heterocycles. The third-order valence-corrected chi connectivity index (χ3v) is 3.59. The Bertz CT molecular complexity index is 310. The van der Waals surface area contributed by atoms with Crippen molar-refractivity contribution in [2.45, 2.75) is 25.3 Å². The Labute approximate surface area is 92.1 Å². The average molecular weight is 227 g/mol. The summed E-state index contributed by atoms with van der Waals surface area (Å²) in [5.74, 6) is 1.82. The molecule has 0 bridgehead atoms. The number of hydrogen-bond acceptors (Lipinski definition) is 4. The van der Waals surface area contributed by atoms with Crippen LogP contribution in [0.4, 0.5) is 0 Å². The lowest BCUT2D eigenvalue weighted by Gasteiger charge is -2.14. The molecule has 2 amide bonds. The zero-order valence-corrected chi connectivity index (χ0v) is 9.10. The van der Waals surface area contributed by atoms with Crippen molar-refractivity contribution in [2.24, 2.45) is 5.10 Å². The van der Waals surface area contributed by atoms with E-state index in [9.17, 15) is 9.59 Å². The normalized spacial score (nSPS) is 25.7. The van der Waals surface area contributed by atoms with Gasteiger partial charge in [0.1, 0.15) is 5.71 Å². The van der Waals surface area contributed by atoms with Gasteiger partial charge >= 0.3 is 0 Å². The lowest BCUT2D eigenvalue weighted by Crippen LogP contribution is -2.42. The van der Waals surface area contributed by atoms with Crippen LogP contribution in [0.3, 0.4) is 0 Å². The van der Waals surface area contributed by atoms with Gasteiger partial charge < -0.3 is 5.32 Å². The number of thioether (sulfide) groups is 1. The van der Waals surface area contributed by atoms with Crippen molar-refractivity contribution < 1.29 is 9.59 Å². The second kappa shape index (κ2) is 4.65. The van der Waals surface area contributed by atoms with Crippen molar-refractivity contribution in [1.29, 1.82) is 0 Å². The van der Waals surface area contributed by atoms with Gasteiger partial charge in [0.2, 0.25) is 5.91 Å². The van der Waals surface area contributed by atoms with Crippen LogP contribution < -0.4 is 10.7 Å².